The predicted octanol–water partition coefficient (Wildman–Crippen LogP) is 4.23. The molecule has 0 saturated carbocycles. The minimum atomic E-state index is -4.05. The Bertz CT molecular complexity index is 1620. The van der Waals surface area contributed by atoms with Crippen molar-refractivity contribution in [3.8, 4) is 17.6 Å². The summed E-state index contributed by atoms with van der Waals surface area (Å²) in [5.41, 5.74) is 0.649. The zero-order valence-electron chi connectivity index (χ0n) is 17.3. The summed E-state index contributed by atoms with van der Waals surface area (Å²) in [5, 5.41) is 9.06. The summed E-state index contributed by atoms with van der Waals surface area (Å²) in [6.45, 7) is 0. The number of sulfone groups is 1. The van der Waals surface area contributed by atoms with Crippen LogP contribution in [-0.2, 0) is 25.6 Å². The number of rotatable bonds is 6. The molecule has 0 bridgehead atoms. The minimum Gasteiger partial charge on any atom is -0.453 e. The lowest BCUT2D eigenvalue weighted by Crippen LogP contribution is -2.14. The third kappa shape index (κ3) is 4.46. The van der Waals surface area contributed by atoms with Gasteiger partial charge in [-0.1, -0.05) is 36.4 Å². The number of fused-ring (bicyclic) bond motifs is 1. The lowest BCUT2D eigenvalue weighted by atomic mass is 10.2. The number of halogens is 1. The molecule has 0 aliphatic rings. The molecule has 0 atom stereocenters. The van der Waals surface area contributed by atoms with Gasteiger partial charge in [0.1, 0.15) is 10.6 Å². The van der Waals surface area contributed by atoms with Crippen LogP contribution in [0.2, 0.25) is 0 Å². The molecule has 0 radical (unpaired) electrons. The minimum absolute atomic E-state index is 0.00183. The van der Waals surface area contributed by atoms with Crippen molar-refractivity contribution in [2.24, 2.45) is 0 Å². The van der Waals surface area contributed by atoms with Crippen LogP contribution in [0.25, 0.3) is 10.9 Å². The van der Waals surface area contributed by atoms with Crippen molar-refractivity contribution in [1.29, 1.82) is 5.26 Å². The molecule has 3 aromatic carbocycles. The van der Waals surface area contributed by atoms with Gasteiger partial charge >= 0.3 is 0 Å². The molecule has 0 unspecified atom stereocenters. The van der Waals surface area contributed by atoms with Crippen molar-refractivity contribution in [2.45, 2.75) is 10.6 Å². The van der Waals surface area contributed by atoms with Crippen LogP contribution in [0, 0.1) is 17.1 Å². The monoisotopic (exact) mass is 484 g/mol. The van der Waals surface area contributed by atoms with Crippen LogP contribution in [0.3, 0.4) is 0 Å². The molecule has 0 saturated heterocycles. The highest BCUT2D eigenvalue weighted by Gasteiger charge is 2.27. The molecule has 4 rings (SSSR count). The number of hydrogen-bond donors (Lipinski definition) is 0. The van der Waals surface area contributed by atoms with Crippen LogP contribution in [-0.4, -0.2) is 27.1 Å². The molecule has 0 N–H and O–H groups in total. The van der Waals surface area contributed by atoms with Crippen molar-refractivity contribution in [3.05, 3.63) is 89.9 Å². The van der Waals surface area contributed by atoms with Crippen LogP contribution >= 0.6 is 0 Å². The highest BCUT2D eigenvalue weighted by molar-refractivity contribution is 7.91. The highest BCUT2D eigenvalue weighted by atomic mass is 32.2. The average molecular weight is 485 g/mol. The van der Waals surface area contributed by atoms with Crippen LogP contribution in [0.15, 0.2) is 77.8 Å². The zero-order chi connectivity index (χ0) is 23.8. The van der Waals surface area contributed by atoms with E-state index in [4.69, 9.17) is 10.00 Å². The number of nitrogens with zero attached hydrogens (tertiary/aromatic N) is 2. The van der Waals surface area contributed by atoms with Gasteiger partial charge in [0, 0.05) is 23.9 Å². The maximum Gasteiger partial charge on any atom is 0.243 e. The van der Waals surface area contributed by atoms with Crippen LogP contribution in [0.4, 0.5) is 4.39 Å². The molecule has 1 heterocycles. The van der Waals surface area contributed by atoms with Crippen LogP contribution in [0.5, 0.6) is 11.5 Å². The van der Waals surface area contributed by atoms with Crippen LogP contribution in [0.1, 0.15) is 11.1 Å². The third-order valence-electron chi connectivity index (χ3n) is 4.87. The number of aromatic nitrogens is 1. The van der Waals surface area contributed by atoms with E-state index in [9.17, 15) is 16.8 Å². The van der Waals surface area contributed by atoms with E-state index in [1.165, 1.54) is 36.5 Å². The Morgan fingerprint density at radius 3 is 2.39 bits per heavy atom. The molecule has 0 aliphatic carbocycles. The van der Waals surface area contributed by atoms with E-state index in [2.05, 4.69) is 0 Å². The SMILES string of the molecule is CS(=O)(=O)c1c(Oc2cccc(C#N)c2)c(F)cc2c1ccn2S(=O)(=O)Cc1ccccc1. The van der Waals surface area contributed by atoms with Gasteiger partial charge in [0.05, 0.1) is 22.9 Å². The van der Waals surface area contributed by atoms with Crippen molar-refractivity contribution in [2.75, 3.05) is 6.26 Å². The van der Waals surface area contributed by atoms with E-state index in [0.717, 1.165) is 16.3 Å². The number of ether oxygens (including phenoxy) is 1. The highest BCUT2D eigenvalue weighted by Crippen LogP contribution is 2.39. The van der Waals surface area contributed by atoms with Gasteiger partial charge in [0.25, 0.3) is 0 Å². The molecule has 7 nitrogen and oxygen atoms in total. The number of nitriles is 1. The summed E-state index contributed by atoms with van der Waals surface area (Å²) in [7, 11) is -8.03. The van der Waals surface area contributed by atoms with Gasteiger partial charge < -0.3 is 4.74 Å². The molecular weight excluding hydrogens is 467 g/mol. The van der Waals surface area contributed by atoms with E-state index in [0.29, 0.717) is 5.56 Å². The Morgan fingerprint density at radius 1 is 1.00 bits per heavy atom. The maximum atomic E-state index is 15.2. The lowest BCUT2D eigenvalue weighted by molar-refractivity contribution is 0.430. The van der Waals surface area contributed by atoms with Crippen LogP contribution < -0.4 is 4.74 Å². The molecule has 1 aromatic heterocycles. The van der Waals surface area contributed by atoms with Gasteiger partial charge in [-0.05, 0) is 29.8 Å². The summed E-state index contributed by atoms with van der Waals surface area (Å²) in [6, 6.07) is 18.4. The second-order valence-corrected chi connectivity index (χ2v) is 11.1. The average Bonchev–Trinajstić information content (AvgIpc) is 3.17. The standard InChI is InChI=1S/C23H17FN2O5S2/c1-32(27,28)23-19-10-11-26(33(29,30)15-16-6-3-2-4-7-16)21(19)13-20(24)22(23)31-18-9-5-8-17(12-18)14-25/h2-13H,15H2,1H3. The van der Waals surface area contributed by atoms with Gasteiger partial charge in [-0.3, -0.25) is 0 Å². The largest absolute Gasteiger partial charge is 0.453 e. The van der Waals surface area contributed by atoms with E-state index in [-0.39, 0.29) is 28.0 Å². The normalized spacial score (nSPS) is 11.9. The first kappa shape index (κ1) is 22.5. The van der Waals surface area contributed by atoms with Gasteiger partial charge in [-0.2, -0.15) is 5.26 Å². The first-order chi connectivity index (χ1) is 15.6. The Morgan fingerprint density at radius 2 is 1.73 bits per heavy atom. The number of benzene rings is 3. The first-order valence-corrected chi connectivity index (χ1v) is 13.1. The summed E-state index contributed by atoms with van der Waals surface area (Å²) in [5.74, 6) is -1.92. The summed E-state index contributed by atoms with van der Waals surface area (Å²) >= 11 is 0. The molecule has 4 aromatic rings. The van der Waals surface area contributed by atoms with Gasteiger partial charge in [0.2, 0.25) is 10.0 Å². The molecule has 33 heavy (non-hydrogen) atoms. The fraction of sp³-hybridized carbons (Fsp3) is 0.0870. The molecular formula is C23H17FN2O5S2. The van der Waals surface area contributed by atoms with Gasteiger partial charge in [-0.15, -0.1) is 0 Å². The fourth-order valence-corrected chi connectivity index (χ4v) is 5.98. The van der Waals surface area contributed by atoms with Crippen molar-refractivity contribution >= 4 is 30.8 Å². The van der Waals surface area contributed by atoms with Gasteiger partial charge in [0.15, 0.2) is 21.4 Å². The Kier molecular flexibility index (Phi) is 5.69. The number of hydrogen-bond acceptors (Lipinski definition) is 6. The predicted molar refractivity (Wildman–Crippen MR) is 121 cm³/mol. The van der Waals surface area contributed by atoms with Crippen molar-refractivity contribution in [3.63, 3.8) is 0 Å². The second-order valence-electron chi connectivity index (χ2n) is 7.32. The van der Waals surface area contributed by atoms with Gasteiger partial charge in [-0.25, -0.2) is 25.2 Å². The second kappa shape index (κ2) is 8.35. The Hall–Kier alpha value is -3.68. The maximum absolute atomic E-state index is 15.2. The first-order valence-electron chi connectivity index (χ1n) is 9.59. The Balaban J connectivity index is 1.89. The summed E-state index contributed by atoms with van der Waals surface area (Å²) in [6.07, 6.45) is 2.08. The molecule has 0 aliphatic heterocycles. The quantitative estimate of drug-likeness (QED) is 0.406. The van der Waals surface area contributed by atoms with Crippen molar-refractivity contribution < 1.29 is 26.0 Å². The molecule has 0 amide bonds. The fourth-order valence-electron chi connectivity index (χ4n) is 3.48. The van der Waals surface area contributed by atoms with E-state index in [1.54, 1.807) is 30.3 Å². The topological polar surface area (TPSA) is 106 Å². The van der Waals surface area contributed by atoms with E-state index < -0.39 is 36.3 Å². The molecule has 168 valence electrons. The smallest absolute Gasteiger partial charge is 0.243 e. The zero-order valence-corrected chi connectivity index (χ0v) is 18.9. The molecule has 0 spiro atoms. The third-order valence-corrected chi connectivity index (χ3v) is 7.63. The Labute approximate surface area is 190 Å². The van der Waals surface area contributed by atoms with Crippen molar-refractivity contribution in [1.82, 2.24) is 3.97 Å². The summed E-state index contributed by atoms with van der Waals surface area (Å²) < 4.78 is 72.9. The lowest BCUT2D eigenvalue weighted by Gasteiger charge is -2.14. The molecule has 0 fully saturated rings. The van der Waals surface area contributed by atoms with E-state index >= 15 is 4.39 Å². The summed E-state index contributed by atoms with van der Waals surface area (Å²) in [4.78, 5) is -0.478. The molecule has 10 heteroatoms. The van der Waals surface area contributed by atoms with E-state index in [1.807, 2.05) is 6.07 Å².